The van der Waals surface area contributed by atoms with Gasteiger partial charge in [0.25, 0.3) is 5.91 Å². The highest BCUT2D eigenvalue weighted by molar-refractivity contribution is 6.21. The number of ether oxygens (including phenoxy) is 1. The minimum atomic E-state index is -0.880. The lowest BCUT2D eigenvalue weighted by Crippen LogP contribution is -2.41. The molecule has 1 atom stereocenters. The van der Waals surface area contributed by atoms with E-state index >= 15 is 0 Å². The zero-order valence-corrected chi connectivity index (χ0v) is 12.8. The molecule has 2 aliphatic heterocycles. The summed E-state index contributed by atoms with van der Waals surface area (Å²) in [5.41, 5.74) is 10.7. The highest BCUT2D eigenvalue weighted by Gasteiger charge is 2.35. The van der Waals surface area contributed by atoms with Crippen LogP contribution in [-0.4, -0.2) is 31.4 Å². The van der Waals surface area contributed by atoms with E-state index in [0.717, 1.165) is 40.3 Å². The Morgan fingerprint density at radius 3 is 2.78 bits per heavy atom. The molecule has 2 heterocycles. The van der Waals surface area contributed by atoms with Gasteiger partial charge in [-0.15, -0.1) is 0 Å². The number of rotatable bonds is 2. The number of nitrogens with two attached hydrogens (primary N) is 1. The Bertz CT molecular complexity index is 815. The molecule has 2 aromatic carbocycles. The van der Waals surface area contributed by atoms with Gasteiger partial charge in [-0.3, -0.25) is 9.79 Å². The van der Waals surface area contributed by atoms with Gasteiger partial charge in [0.2, 0.25) is 0 Å². The van der Waals surface area contributed by atoms with Crippen LogP contribution in [0.2, 0.25) is 0 Å². The summed E-state index contributed by atoms with van der Waals surface area (Å²) in [5, 5.41) is 0. The summed E-state index contributed by atoms with van der Waals surface area (Å²) in [5.74, 6) is 0.619. The average Bonchev–Trinajstić information content (AvgIpc) is 2.98. The van der Waals surface area contributed by atoms with Crippen LogP contribution in [0.5, 0.6) is 5.75 Å². The van der Waals surface area contributed by atoms with Gasteiger partial charge in [0, 0.05) is 17.7 Å². The molecule has 23 heavy (non-hydrogen) atoms. The maximum absolute atomic E-state index is 12.6. The number of nitrogens with zero attached hydrogens (tertiary/aromatic N) is 2. The van der Waals surface area contributed by atoms with Gasteiger partial charge in [-0.05, 0) is 24.1 Å². The number of aliphatic imine (C=N–C) groups is 1. The normalized spacial score (nSPS) is 19.2. The van der Waals surface area contributed by atoms with Crippen molar-refractivity contribution in [3.05, 3.63) is 59.2 Å². The SMILES string of the molecule is COc1cc2c3c(c1)C(c1ccccc1)=N[C@@H](N)C(=O)N3CC2. The second-order valence-electron chi connectivity index (χ2n) is 5.71. The second kappa shape index (κ2) is 5.21. The van der Waals surface area contributed by atoms with Gasteiger partial charge in [-0.1, -0.05) is 30.3 Å². The number of benzene rings is 2. The summed E-state index contributed by atoms with van der Waals surface area (Å²) >= 11 is 0. The molecule has 0 radical (unpaired) electrons. The first-order chi connectivity index (χ1) is 11.2. The summed E-state index contributed by atoms with van der Waals surface area (Å²) in [6.07, 6.45) is -0.0744. The van der Waals surface area contributed by atoms with Crippen LogP contribution in [-0.2, 0) is 11.2 Å². The minimum absolute atomic E-state index is 0.152. The second-order valence-corrected chi connectivity index (χ2v) is 5.71. The van der Waals surface area contributed by atoms with Crippen molar-refractivity contribution in [2.45, 2.75) is 12.6 Å². The molecule has 0 bridgehead atoms. The summed E-state index contributed by atoms with van der Waals surface area (Å²) in [6, 6.07) is 13.7. The molecular formula is C18H17N3O2. The maximum atomic E-state index is 12.6. The molecule has 0 spiro atoms. The Balaban J connectivity index is 2.01. The van der Waals surface area contributed by atoms with E-state index in [1.165, 1.54) is 0 Å². The summed E-state index contributed by atoms with van der Waals surface area (Å²) in [4.78, 5) is 18.8. The molecule has 0 saturated heterocycles. The molecule has 4 rings (SSSR count). The molecule has 116 valence electrons. The fraction of sp³-hybridized carbons (Fsp3) is 0.222. The third kappa shape index (κ3) is 2.12. The summed E-state index contributed by atoms with van der Waals surface area (Å²) in [6.45, 7) is 0.639. The third-order valence-corrected chi connectivity index (χ3v) is 4.36. The molecule has 2 aliphatic rings. The van der Waals surface area contributed by atoms with Gasteiger partial charge in [0.15, 0.2) is 6.17 Å². The summed E-state index contributed by atoms with van der Waals surface area (Å²) < 4.78 is 5.43. The molecule has 0 unspecified atom stereocenters. The van der Waals surface area contributed by atoms with Gasteiger partial charge in [0.05, 0.1) is 18.5 Å². The van der Waals surface area contributed by atoms with Crippen LogP contribution in [0.25, 0.3) is 0 Å². The van der Waals surface area contributed by atoms with Crippen molar-refractivity contribution in [1.29, 1.82) is 0 Å². The zero-order valence-electron chi connectivity index (χ0n) is 12.8. The van der Waals surface area contributed by atoms with Crippen LogP contribution in [0.4, 0.5) is 5.69 Å². The van der Waals surface area contributed by atoms with Crippen molar-refractivity contribution in [3.8, 4) is 5.75 Å². The van der Waals surface area contributed by atoms with E-state index in [-0.39, 0.29) is 5.91 Å². The number of carbonyl (C=O) groups excluding carboxylic acids is 1. The Hall–Kier alpha value is -2.66. The van der Waals surface area contributed by atoms with E-state index in [9.17, 15) is 4.79 Å². The lowest BCUT2D eigenvalue weighted by molar-refractivity contribution is -0.119. The lowest BCUT2D eigenvalue weighted by Gasteiger charge is -2.19. The lowest BCUT2D eigenvalue weighted by atomic mass is 9.97. The monoisotopic (exact) mass is 307 g/mol. The molecule has 5 heteroatoms. The van der Waals surface area contributed by atoms with Crippen molar-refractivity contribution in [1.82, 2.24) is 0 Å². The molecule has 0 fully saturated rings. The fourth-order valence-electron chi connectivity index (χ4n) is 3.29. The number of hydrogen-bond acceptors (Lipinski definition) is 4. The third-order valence-electron chi connectivity index (χ3n) is 4.36. The first-order valence-electron chi connectivity index (χ1n) is 7.60. The van der Waals surface area contributed by atoms with Crippen LogP contribution in [0, 0.1) is 0 Å². The van der Waals surface area contributed by atoms with Crippen LogP contribution < -0.4 is 15.4 Å². The van der Waals surface area contributed by atoms with Gasteiger partial charge >= 0.3 is 0 Å². The van der Waals surface area contributed by atoms with Crippen molar-refractivity contribution in [3.63, 3.8) is 0 Å². The van der Waals surface area contributed by atoms with E-state index in [1.807, 2.05) is 42.5 Å². The maximum Gasteiger partial charge on any atom is 0.266 e. The molecule has 5 nitrogen and oxygen atoms in total. The highest BCUT2D eigenvalue weighted by atomic mass is 16.5. The Kier molecular flexibility index (Phi) is 3.16. The zero-order chi connectivity index (χ0) is 16.0. The molecular weight excluding hydrogens is 290 g/mol. The Morgan fingerprint density at radius 1 is 1.26 bits per heavy atom. The van der Waals surface area contributed by atoms with E-state index < -0.39 is 6.17 Å². The van der Waals surface area contributed by atoms with Crippen molar-refractivity contribution in [2.24, 2.45) is 10.7 Å². The van der Waals surface area contributed by atoms with Crippen LogP contribution in [0.3, 0.4) is 0 Å². The first kappa shape index (κ1) is 14.0. The minimum Gasteiger partial charge on any atom is -0.497 e. The van der Waals surface area contributed by atoms with Crippen molar-refractivity contribution in [2.75, 3.05) is 18.6 Å². The van der Waals surface area contributed by atoms with E-state index in [1.54, 1.807) is 12.0 Å². The largest absolute Gasteiger partial charge is 0.497 e. The number of carbonyl (C=O) groups is 1. The molecule has 2 N–H and O–H groups in total. The van der Waals surface area contributed by atoms with Crippen molar-refractivity contribution >= 4 is 17.3 Å². The van der Waals surface area contributed by atoms with E-state index in [4.69, 9.17) is 10.5 Å². The van der Waals surface area contributed by atoms with Gasteiger partial charge in [-0.25, -0.2) is 0 Å². The molecule has 0 aliphatic carbocycles. The predicted octanol–water partition coefficient (Wildman–Crippen LogP) is 1.72. The standard InChI is InChI=1S/C18H17N3O2/c1-23-13-9-12-7-8-21-16(12)14(10-13)15(20-17(19)18(21)22)11-5-3-2-4-6-11/h2-6,9-10,17H,7-8,19H2,1H3/t17-/m1/s1. The number of methoxy groups -OCH3 is 1. The van der Waals surface area contributed by atoms with Crippen LogP contribution in [0.1, 0.15) is 16.7 Å². The van der Waals surface area contributed by atoms with Crippen molar-refractivity contribution < 1.29 is 9.53 Å². The molecule has 0 aromatic heterocycles. The number of amides is 1. The predicted molar refractivity (Wildman–Crippen MR) is 89.1 cm³/mol. The molecule has 2 aromatic rings. The van der Waals surface area contributed by atoms with Gasteiger partial charge in [-0.2, -0.15) is 0 Å². The fourth-order valence-corrected chi connectivity index (χ4v) is 3.29. The Morgan fingerprint density at radius 2 is 2.04 bits per heavy atom. The van der Waals surface area contributed by atoms with E-state index in [2.05, 4.69) is 4.99 Å². The van der Waals surface area contributed by atoms with Crippen LogP contribution in [0.15, 0.2) is 47.5 Å². The molecule has 0 saturated carbocycles. The van der Waals surface area contributed by atoms with Crippen LogP contribution >= 0.6 is 0 Å². The number of anilines is 1. The Labute approximate surface area is 134 Å². The van der Waals surface area contributed by atoms with E-state index in [0.29, 0.717) is 6.54 Å². The summed E-state index contributed by atoms with van der Waals surface area (Å²) in [7, 11) is 1.65. The first-order valence-corrected chi connectivity index (χ1v) is 7.60. The molecule has 1 amide bonds. The van der Waals surface area contributed by atoms with Gasteiger partial charge < -0.3 is 15.4 Å². The average molecular weight is 307 g/mol. The van der Waals surface area contributed by atoms with Gasteiger partial charge in [0.1, 0.15) is 5.75 Å². The quantitative estimate of drug-likeness (QED) is 0.918. The topological polar surface area (TPSA) is 67.9 Å². The highest BCUT2D eigenvalue weighted by Crippen LogP contribution is 2.38. The smallest absolute Gasteiger partial charge is 0.266 e. The number of hydrogen-bond donors (Lipinski definition) is 1.